The summed E-state index contributed by atoms with van der Waals surface area (Å²) in [5.41, 5.74) is 1.17. The van der Waals surface area contributed by atoms with Crippen LogP contribution in [0.1, 0.15) is 42.6 Å². The summed E-state index contributed by atoms with van der Waals surface area (Å²) in [5, 5.41) is 8.24. The number of amides is 5. The quantitative estimate of drug-likeness (QED) is 0.485. The second-order valence-corrected chi connectivity index (χ2v) is 11.4. The summed E-state index contributed by atoms with van der Waals surface area (Å²) in [7, 11) is 0. The molecule has 0 spiro atoms. The van der Waals surface area contributed by atoms with Gasteiger partial charge in [-0.1, -0.05) is 26.0 Å². The number of fused-ring (bicyclic) bond motifs is 5. The van der Waals surface area contributed by atoms with E-state index < -0.39 is 29.8 Å². The molecule has 12 nitrogen and oxygen atoms in total. The Morgan fingerprint density at radius 1 is 1.02 bits per heavy atom. The van der Waals surface area contributed by atoms with E-state index in [1.807, 2.05) is 32.0 Å². The molecule has 43 heavy (non-hydrogen) atoms. The minimum atomic E-state index is -0.955. The average Bonchev–Trinajstić information content (AvgIpc) is 3.43. The molecule has 228 valence electrons. The van der Waals surface area contributed by atoms with E-state index in [4.69, 9.17) is 9.47 Å². The molecular formula is C31H37N5O7. The van der Waals surface area contributed by atoms with Crippen LogP contribution in [0.2, 0.25) is 0 Å². The third-order valence-electron chi connectivity index (χ3n) is 7.58. The highest BCUT2D eigenvalue weighted by Crippen LogP contribution is 2.29. The minimum absolute atomic E-state index is 0.0152. The highest BCUT2D eigenvalue weighted by atomic mass is 16.5. The number of hydrogen-bond acceptors (Lipinski definition) is 7. The van der Waals surface area contributed by atoms with Crippen LogP contribution >= 0.6 is 0 Å². The lowest BCUT2D eigenvalue weighted by atomic mass is 10.1. The lowest BCUT2D eigenvalue weighted by Crippen LogP contribution is -2.64. The fraction of sp³-hybridized carbons (Fsp3) is 0.452. The Bertz CT molecular complexity index is 1410. The number of nitrogens with zero attached hydrogens (tertiary/aromatic N) is 2. The summed E-state index contributed by atoms with van der Waals surface area (Å²) in [5.74, 6) is -0.104. The van der Waals surface area contributed by atoms with Crippen LogP contribution in [0.4, 0.5) is 0 Å². The maximum Gasteiger partial charge on any atom is 0.251 e. The zero-order valence-electron chi connectivity index (χ0n) is 24.4. The van der Waals surface area contributed by atoms with E-state index in [1.165, 1.54) is 9.80 Å². The van der Waals surface area contributed by atoms with E-state index in [0.717, 1.165) is 5.56 Å². The van der Waals surface area contributed by atoms with Crippen molar-refractivity contribution >= 4 is 29.5 Å². The number of rotatable bonds is 4. The second kappa shape index (κ2) is 13.1. The van der Waals surface area contributed by atoms with Crippen LogP contribution in [-0.2, 0) is 25.6 Å². The van der Waals surface area contributed by atoms with E-state index in [9.17, 15) is 24.0 Å². The molecule has 0 radical (unpaired) electrons. The van der Waals surface area contributed by atoms with Gasteiger partial charge in [0.05, 0.1) is 19.7 Å². The van der Waals surface area contributed by atoms with Gasteiger partial charge in [-0.05, 0) is 48.6 Å². The van der Waals surface area contributed by atoms with Crippen molar-refractivity contribution < 1.29 is 33.4 Å². The molecule has 5 rings (SSSR count). The molecule has 0 aromatic heterocycles. The SMILES string of the molecule is CC(C)COc1cc2cc(c1)C(=O)NCC(=O)N1CCN(C(=O)[C@@H]3CCC(=O)N3)C[C@@H]1C(=O)NCCc1cccc(c1)O2. The van der Waals surface area contributed by atoms with E-state index in [1.54, 1.807) is 24.3 Å². The predicted molar refractivity (Wildman–Crippen MR) is 156 cm³/mol. The van der Waals surface area contributed by atoms with Gasteiger partial charge in [-0.2, -0.15) is 0 Å². The fourth-order valence-electron chi connectivity index (χ4n) is 5.34. The van der Waals surface area contributed by atoms with Gasteiger partial charge in [0.1, 0.15) is 29.3 Å². The topological polar surface area (TPSA) is 146 Å². The Morgan fingerprint density at radius 2 is 1.86 bits per heavy atom. The maximum absolute atomic E-state index is 13.4. The molecule has 0 saturated carbocycles. The van der Waals surface area contributed by atoms with Crippen LogP contribution in [-0.4, -0.2) is 90.8 Å². The molecule has 3 aliphatic rings. The van der Waals surface area contributed by atoms with Crippen molar-refractivity contribution in [1.29, 1.82) is 0 Å². The number of hydrogen-bond donors (Lipinski definition) is 3. The number of carbonyl (C=O) groups excluding carboxylic acids is 5. The Hall–Kier alpha value is -4.61. The molecule has 2 fully saturated rings. The first-order valence-electron chi connectivity index (χ1n) is 14.6. The van der Waals surface area contributed by atoms with Crippen molar-refractivity contribution in [2.45, 2.75) is 45.2 Å². The summed E-state index contributed by atoms with van der Waals surface area (Å²) < 4.78 is 12.0. The number of piperazine rings is 1. The Labute approximate surface area is 250 Å². The molecule has 3 heterocycles. The van der Waals surface area contributed by atoms with Gasteiger partial charge in [0.2, 0.25) is 23.6 Å². The molecule has 2 atom stereocenters. The van der Waals surface area contributed by atoms with E-state index >= 15 is 0 Å². The molecule has 3 N–H and O–H groups in total. The zero-order chi connectivity index (χ0) is 30.5. The third-order valence-corrected chi connectivity index (χ3v) is 7.58. The fourth-order valence-corrected chi connectivity index (χ4v) is 5.34. The largest absolute Gasteiger partial charge is 0.493 e. The van der Waals surface area contributed by atoms with Gasteiger partial charge in [-0.15, -0.1) is 0 Å². The Balaban J connectivity index is 1.39. The van der Waals surface area contributed by atoms with E-state index in [-0.39, 0.29) is 55.9 Å². The third kappa shape index (κ3) is 7.43. The molecule has 2 saturated heterocycles. The monoisotopic (exact) mass is 591 g/mol. The summed E-state index contributed by atoms with van der Waals surface area (Å²) >= 11 is 0. The van der Waals surface area contributed by atoms with Gasteiger partial charge in [0.25, 0.3) is 5.91 Å². The van der Waals surface area contributed by atoms with E-state index in [2.05, 4.69) is 16.0 Å². The van der Waals surface area contributed by atoms with Gasteiger partial charge in [0, 0.05) is 37.7 Å². The molecule has 2 aromatic carbocycles. The Morgan fingerprint density at radius 3 is 2.63 bits per heavy atom. The minimum Gasteiger partial charge on any atom is -0.493 e. The van der Waals surface area contributed by atoms with Gasteiger partial charge < -0.3 is 35.2 Å². The summed E-state index contributed by atoms with van der Waals surface area (Å²) in [6, 6.07) is 10.7. The normalized spacial score (nSPS) is 21.3. The van der Waals surface area contributed by atoms with Crippen molar-refractivity contribution in [2.75, 3.05) is 39.3 Å². The molecule has 12 heteroatoms. The maximum atomic E-state index is 13.4. The van der Waals surface area contributed by atoms with E-state index in [0.29, 0.717) is 43.2 Å². The molecule has 3 aliphatic heterocycles. The van der Waals surface area contributed by atoms with Crippen molar-refractivity contribution in [3.8, 4) is 17.2 Å². The first kappa shape index (κ1) is 29.9. The first-order valence-corrected chi connectivity index (χ1v) is 14.6. The number of nitrogens with one attached hydrogen (secondary N) is 3. The molecule has 0 aliphatic carbocycles. The van der Waals surface area contributed by atoms with Gasteiger partial charge >= 0.3 is 0 Å². The average molecular weight is 592 g/mol. The second-order valence-electron chi connectivity index (χ2n) is 11.4. The van der Waals surface area contributed by atoms with Crippen molar-refractivity contribution in [3.63, 3.8) is 0 Å². The van der Waals surface area contributed by atoms with Crippen LogP contribution in [0, 0.1) is 5.92 Å². The van der Waals surface area contributed by atoms with Crippen LogP contribution in [0.3, 0.4) is 0 Å². The van der Waals surface area contributed by atoms with Crippen molar-refractivity contribution in [2.24, 2.45) is 5.92 Å². The smallest absolute Gasteiger partial charge is 0.251 e. The lowest BCUT2D eigenvalue weighted by Gasteiger charge is -2.41. The number of ether oxygens (including phenoxy) is 2. The zero-order valence-corrected chi connectivity index (χ0v) is 24.4. The van der Waals surface area contributed by atoms with Gasteiger partial charge in [-0.25, -0.2) is 0 Å². The predicted octanol–water partition coefficient (Wildman–Crippen LogP) is 1.23. The number of carbonyl (C=O) groups is 5. The first-order chi connectivity index (χ1) is 20.7. The standard InChI is InChI=1S/C31H37N5O7/c1-19(2)18-42-23-13-21-14-24(15-23)43-22-5-3-4-20(12-22)8-9-32-30(40)26-17-35(31(41)25-6-7-27(37)34-25)10-11-36(26)28(38)16-33-29(21)39/h3-5,12-15,19,25-26H,6-11,16-18H2,1-2H3,(H,32,40)(H,33,39)(H,34,37)/t25-,26+/m0/s1. The Kier molecular flexibility index (Phi) is 9.13. The van der Waals surface area contributed by atoms with Gasteiger partial charge in [-0.3, -0.25) is 24.0 Å². The summed E-state index contributed by atoms with van der Waals surface area (Å²) in [4.78, 5) is 67.7. The van der Waals surface area contributed by atoms with Crippen molar-refractivity contribution in [3.05, 3.63) is 53.6 Å². The van der Waals surface area contributed by atoms with Crippen LogP contribution in [0.25, 0.3) is 0 Å². The van der Waals surface area contributed by atoms with Crippen LogP contribution in [0.15, 0.2) is 42.5 Å². The molecule has 4 bridgehead atoms. The molecular weight excluding hydrogens is 554 g/mol. The summed E-state index contributed by atoms with van der Waals surface area (Å²) in [6.07, 6.45) is 1.18. The highest BCUT2D eigenvalue weighted by molar-refractivity contribution is 5.98. The molecule has 2 aromatic rings. The van der Waals surface area contributed by atoms with Crippen LogP contribution < -0.4 is 25.4 Å². The van der Waals surface area contributed by atoms with Crippen molar-refractivity contribution in [1.82, 2.24) is 25.8 Å². The van der Waals surface area contributed by atoms with Crippen LogP contribution in [0.5, 0.6) is 17.2 Å². The van der Waals surface area contributed by atoms with Gasteiger partial charge in [0.15, 0.2) is 0 Å². The molecule has 5 amide bonds. The summed E-state index contributed by atoms with van der Waals surface area (Å²) in [6.45, 7) is 4.74. The number of benzene rings is 2. The highest BCUT2D eigenvalue weighted by Gasteiger charge is 2.39. The molecule has 0 unspecified atom stereocenters. The lowest BCUT2D eigenvalue weighted by molar-refractivity contribution is -0.148.